The van der Waals surface area contributed by atoms with E-state index in [1.54, 1.807) is 6.92 Å². The van der Waals surface area contributed by atoms with Crippen LogP contribution in [0.5, 0.6) is 0 Å². The van der Waals surface area contributed by atoms with Gasteiger partial charge in [-0.2, -0.15) is 0 Å². The molecular weight excluding hydrogens is 293 g/mol. The fraction of sp³-hybridized carbons (Fsp3) is 0.312. The first-order chi connectivity index (χ1) is 9.32. The SMILES string of the molecule is Cc1ccc(Cl)cc1-n1c(C)cc(C(=O)C(C)Cl)c1C. The highest BCUT2D eigenvalue weighted by Crippen LogP contribution is 2.26. The Bertz CT molecular complexity index is 671. The first-order valence-electron chi connectivity index (χ1n) is 6.46. The second-order valence-electron chi connectivity index (χ2n) is 5.03. The van der Waals surface area contributed by atoms with Gasteiger partial charge in [0.25, 0.3) is 0 Å². The number of Topliss-reactive ketones (excluding diaryl/α,β-unsaturated/α-hetero) is 1. The maximum absolute atomic E-state index is 12.1. The van der Waals surface area contributed by atoms with Crippen LogP contribution in [-0.2, 0) is 0 Å². The minimum atomic E-state index is -0.524. The largest absolute Gasteiger partial charge is 0.317 e. The number of hydrogen-bond donors (Lipinski definition) is 0. The Hall–Kier alpha value is -1.25. The van der Waals surface area contributed by atoms with Crippen molar-refractivity contribution in [2.45, 2.75) is 33.1 Å². The molecule has 2 nitrogen and oxygen atoms in total. The van der Waals surface area contributed by atoms with Gasteiger partial charge in [0.05, 0.1) is 5.38 Å². The van der Waals surface area contributed by atoms with Gasteiger partial charge >= 0.3 is 0 Å². The van der Waals surface area contributed by atoms with Crippen LogP contribution in [0.25, 0.3) is 5.69 Å². The first kappa shape index (κ1) is 15.1. The average molecular weight is 310 g/mol. The molecule has 1 unspecified atom stereocenters. The van der Waals surface area contributed by atoms with E-state index in [1.807, 2.05) is 49.6 Å². The molecule has 106 valence electrons. The first-order valence-corrected chi connectivity index (χ1v) is 7.28. The third kappa shape index (κ3) is 2.63. The summed E-state index contributed by atoms with van der Waals surface area (Å²) in [6.45, 7) is 7.62. The molecular formula is C16H17Cl2NO. The molecule has 0 bridgehead atoms. The summed E-state index contributed by atoms with van der Waals surface area (Å²) in [6, 6.07) is 7.63. The molecule has 0 saturated carbocycles. The van der Waals surface area contributed by atoms with E-state index < -0.39 is 5.38 Å². The molecule has 2 aromatic rings. The monoisotopic (exact) mass is 309 g/mol. The van der Waals surface area contributed by atoms with Crippen molar-refractivity contribution in [1.29, 1.82) is 0 Å². The van der Waals surface area contributed by atoms with Crippen LogP contribution >= 0.6 is 23.2 Å². The lowest BCUT2D eigenvalue weighted by molar-refractivity contribution is 0.0991. The maximum atomic E-state index is 12.1. The van der Waals surface area contributed by atoms with Crippen LogP contribution in [0.4, 0.5) is 0 Å². The minimum Gasteiger partial charge on any atom is -0.317 e. The third-order valence-corrected chi connectivity index (χ3v) is 3.90. The summed E-state index contributed by atoms with van der Waals surface area (Å²) in [5.41, 5.74) is 4.66. The number of carbonyl (C=O) groups is 1. The van der Waals surface area contributed by atoms with E-state index in [-0.39, 0.29) is 5.78 Å². The number of aromatic nitrogens is 1. The Labute approximate surface area is 129 Å². The zero-order valence-corrected chi connectivity index (χ0v) is 13.5. The summed E-state index contributed by atoms with van der Waals surface area (Å²) in [5, 5.41) is 0.154. The molecule has 0 N–H and O–H groups in total. The lowest BCUT2D eigenvalue weighted by Gasteiger charge is -2.13. The number of halogens is 2. The average Bonchev–Trinajstić information content (AvgIpc) is 2.67. The van der Waals surface area contributed by atoms with Crippen molar-refractivity contribution in [3.63, 3.8) is 0 Å². The summed E-state index contributed by atoms with van der Waals surface area (Å²) >= 11 is 12.0. The standard InChI is InChI=1S/C16H17Cl2NO/c1-9-5-6-13(18)8-15(9)19-10(2)7-14(12(19)4)16(20)11(3)17/h5-8,11H,1-4H3. The van der Waals surface area contributed by atoms with Crippen molar-refractivity contribution in [2.75, 3.05) is 0 Å². The van der Waals surface area contributed by atoms with Crippen LogP contribution in [-0.4, -0.2) is 15.7 Å². The summed E-state index contributed by atoms with van der Waals surface area (Å²) in [7, 11) is 0. The number of benzene rings is 1. The molecule has 20 heavy (non-hydrogen) atoms. The molecule has 0 amide bonds. The third-order valence-electron chi connectivity index (χ3n) is 3.47. The van der Waals surface area contributed by atoms with Gasteiger partial charge in [0.2, 0.25) is 0 Å². The van der Waals surface area contributed by atoms with Gasteiger partial charge in [-0.3, -0.25) is 4.79 Å². The van der Waals surface area contributed by atoms with Crippen molar-refractivity contribution >= 4 is 29.0 Å². The zero-order valence-electron chi connectivity index (χ0n) is 12.0. The Morgan fingerprint density at radius 2 is 1.85 bits per heavy atom. The highest BCUT2D eigenvalue weighted by Gasteiger charge is 2.20. The van der Waals surface area contributed by atoms with Crippen molar-refractivity contribution in [3.05, 3.63) is 51.8 Å². The second-order valence-corrected chi connectivity index (χ2v) is 6.12. The molecule has 0 aliphatic heterocycles. The van der Waals surface area contributed by atoms with Crippen LogP contribution < -0.4 is 0 Å². The molecule has 2 rings (SSSR count). The van der Waals surface area contributed by atoms with Crippen molar-refractivity contribution in [3.8, 4) is 5.69 Å². The quantitative estimate of drug-likeness (QED) is 0.586. The van der Waals surface area contributed by atoms with Gasteiger partial charge in [-0.25, -0.2) is 0 Å². The second kappa shape index (κ2) is 5.63. The molecule has 1 aromatic carbocycles. The predicted molar refractivity (Wildman–Crippen MR) is 84.6 cm³/mol. The Balaban J connectivity index is 2.64. The highest BCUT2D eigenvalue weighted by atomic mass is 35.5. The van der Waals surface area contributed by atoms with Crippen LogP contribution in [0.15, 0.2) is 24.3 Å². The van der Waals surface area contributed by atoms with Crippen LogP contribution in [0.3, 0.4) is 0 Å². The smallest absolute Gasteiger partial charge is 0.182 e. The van der Waals surface area contributed by atoms with Crippen molar-refractivity contribution in [1.82, 2.24) is 4.57 Å². The Morgan fingerprint density at radius 1 is 1.20 bits per heavy atom. The van der Waals surface area contributed by atoms with E-state index in [9.17, 15) is 4.79 Å². The lowest BCUT2D eigenvalue weighted by Crippen LogP contribution is -2.12. The molecule has 1 atom stereocenters. The number of nitrogens with zero attached hydrogens (tertiary/aromatic N) is 1. The van der Waals surface area contributed by atoms with E-state index in [0.29, 0.717) is 10.6 Å². The summed E-state index contributed by atoms with van der Waals surface area (Å²) in [5.74, 6) is -0.0503. The summed E-state index contributed by atoms with van der Waals surface area (Å²) in [6.07, 6.45) is 0. The highest BCUT2D eigenvalue weighted by molar-refractivity contribution is 6.33. The molecule has 0 aliphatic carbocycles. The number of rotatable bonds is 3. The molecule has 0 radical (unpaired) electrons. The van der Waals surface area contributed by atoms with Crippen molar-refractivity contribution < 1.29 is 4.79 Å². The van der Waals surface area contributed by atoms with Gasteiger partial charge in [0.1, 0.15) is 0 Å². The molecule has 0 aliphatic rings. The summed E-state index contributed by atoms with van der Waals surface area (Å²) in [4.78, 5) is 12.1. The summed E-state index contributed by atoms with van der Waals surface area (Å²) < 4.78 is 2.05. The van der Waals surface area contributed by atoms with Gasteiger partial charge in [-0.05, 0) is 51.5 Å². The minimum absolute atomic E-state index is 0.0503. The number of aryl methyl sites for hydroxylation is 2. The Kier molecular flexibility index (Phi) is 4.26. The number of alkyl halides is 1. The predicted octanol–water partition coefficient (Wildman–Crippen LogP) is 4.87. The maximum Gasteiger partial charge on any atom is 0.182 e. The zero-order chi connectivity index (χ0) is 15.0. The topological polar surface area (TPSA) is 22.0 Å². The van der Waals surface area contributed by atoms with E-state index >= 15 is 0 Å². The van der Waals surface area contributed by atoms with Gasteiger partial charge in [0, 0.05) is 27.7 Å². The molecule has 4 heteroatoms. The molecule has 1 aromatic heterocycles. The molecule has 0 fully saturated rings. The fourth-order valence-corrected chi connectivity index (χ4v) is 2.70. The normalized spacial score (nSPS) is 12.5. The van der Waals surface area contributed by atoms with E-state index in [1.165, 1.54) is 0 Å². The number of hydrogen-bond acceptors (Lipinski definition) is 1. The van der Waals surface area contributed by atoms with Gasteiger partial charge in [-0.1, -0.05) is 17.7 Å². The van der Waals surface area contributed by atoms with E-state index in [0.717, 1.165) is 22.6 Å². The number of ketones is 1. The van der Waals surface area contributed by atoms with Crippen molar-refractivity contribution in [2.24, 2.45) is 0 Å². The molecule has 0 spiro atoms. The van der Waals surface area contributed by atoms with Gasteiger partial charge < -0.3 is 4.57 Å². The van der Waals surface area contributed by atoms with Crippen LogP contribution in [0.1, 0.15) is 34.2 Å². The number of carbonyl (C=O) groups excluding carboxylic acids is 1. The van der Waals surface area contributed by atoms with E-state index in [4.69, 9.17) is 23.2 Å². The fourth-order valence-electron chi connectivity index (χ4n) is 2.42. The lowest BCUT2D eigenvalue weighted by atomic mass is 10.1. The molecule has 1 heterocycles. The van der Waals surface area contributed by atoms with Gasteiger partial charge in [-0.15, -0.1) is 11.6 Å². The van der Waals surface area contributed by atoms with Crippen LogP contribution in [0.2, 0.25) is 5.02 Å². The Morgan fingerprint density at radius 3 is 2.45 bits per heavy atom. The van der Waals surface area contributed by atoms with Crippen LogP contribution in [0, 0.1) is 20.8 Å². The molecule has 0 saturated heterocycles. The van der Waals surface area contributed by atoms with Gasteiger partial charge in [0.15, 0.2) is 5.78 Å². The van der Waals surface area contributed by atoms with E-state index in [2.05, 4.69) is 0 Å².